The van der Waals surface area contributed by atoms with Crippen molar-refractivity contribution in [1.82, 2.24) is 0 Å². The van der Waals surface area contributed by atoms with Gasteiger partial charge < -0.3 is 70.0 Å². The molecular formula is C42H70O14. The zero-order valence-corrected chi connectivity index (χ0v) is 34.2. The van der Waals surface area contributed by atoms with E-state index in [0.29, 0.717) is 32.1 Å². The number of hydrogen-bond donors (Lipinski definition) is 10. The Morgan fingerprint density at radius 1 is 0.714 bits per heavy atom. The first-order chi connectivity index (χ1) is 26.1. The van der Waals surface area contributed by atoms with E-state index in [9.17, 15) is 51.1 Å². The van der Waals surface area contributed by atoms with E-state index in [1.807, 2.05) is 6.92 Å². The van der Waals surface area contributed by atoms with Gasteiger partial charge in [0, 0.05) is 10.8 Å². The molecule has 4 saturated carbocycles. The third-order valence-electron chi connectivity index (χ3n) is 17.4. The molecule has 6 fully saturated rings. The van der Waals surface area contributed by atoms with E-state index in [2.05, 4.69) is 40.7 Å². The van der Waals surface area contributed by atoms with E-state index in [1.54, 1.807) is 6.92 Å². The van der Waals surface area contributed by atoms with Crippen LogP contribution in [-0.2, 0) is 18.9 Å². The molecule has 0 aromatic heterocycles. The first kappa shape index (κ1) is 43.3. The monoisotopic (exact) mass is 798 g/mol. The van der Waals surface area contributed by atoms with Gasteiger partial charge in [0.1, 0.15) is 42.7 Å². The van der Waals surface area contributed by atoms with Crippen LogP contribution in [0.15, 0.2) is 11.6 Å². The second kappa shape index (κ2) is 14.7. The Balaban J connectivity index is 1.14. The van der Waals surface area contributed by atoms with Gasteiger partial charge in [0.25, 0.3) is 0 Å². The molecule has 56 heavy (non-hydrogen) atoms. The van der Waals surface area contributed by atoms with Crippen molar-refractivity contribution in [1.29, 1.82) is 0 Å². The normalized spacial score (nSPS) is 56.9. The van der Waals surface area contributed by atoms with Crippen LogP contribution in [0.1, 0.15) is 99.8 Å². The summed E-state index contributed by atoms with van der Waals surface area (Å²) in [4.78, 5) is 0. The van der Waals surface area contributed by atoms with Crippen LogP contribution in [0.3, 0.4) is 0 Å². The zero-order valence-electron chi connectivity index (χ0n) is 34.2. The maximum atomic E-state index is 12.5. The molecule has 21 atom stereocenters. The molecule has 7 aliphatic rings. The smallest absolute Gasteiger partial charge is 0.187 e. The first-order valence-electron chi connectivity index (χ1n) is 21.0. The van der Waals surface area contributed by atoms with Gasteiger partial charge in [-0.15, -0.1) is 0 Å². The fourth-order valence-corrected chi connectivity index (χ4v) is 13.9. The van der Waals surface area contributed by atoms with Gasteiger partial charge in [0.2, 0.25) is 0 Å². The van der Waals surface area contributed by atoms with E-state index in [-0.39, 0.29) is 47.2 Å². The van der Waals surface area contributed by atoms with Crippen molar-refractivity contribution in [3.63, 3.8) is 0 Å². The summed E-state index contributed by atoms with van der Waals surface area (Å²) in [6.45, 7) is 13.8. The van der Waals surface area contributed by atoms with Crippen molar-refractivity contribution < 1.29 is 70.0 Å². The lowest BCUT2D eigenvalue weighted by Crippen LogP contribution is -2.71. The van der Waals surface area contributed by atoms with Gasteiger partial charge in [-0.25, -0.2) is 0 Å². The summed E-state index contributed by atoms with van der Waals surface area (Å²) in [5.74, 6) is -0.261. The van der Waals surface area contributed by atoms with Gasteiger partial charge >= 0.3 is 0 Å². The van der Waals surface area contributed by atoms with Crippen molar-refractivity contribution in [2.75, 3.05) is 19.8 Å². The third kappa shape index (κ3) is 6.17. The fourth-order valence-electron chi connectivity index (χ4n) is 13.9. The second-order valence-corrected chi connectivity index (χ2v) is 20.7. The summed E-state index contributed by atoms with van der Waals surface area (Å²) in [6.07, 6.45) is -8.99. The molecule has 7 rings (SSSR count). The number of aliphatic hydroxyl groups excluding tert-OH is 10. The lowest BCUT2D eigenvalue weighted by Gasteiger charge is -2.74. The molecule has 0 aromatic rings. The van der Waals surface area contributed by atoms with E-state index in [4.69, 9.17) is 18.9 Å². The molecule has 0 spiro atoms. The van der Waals surface area contributed by atoms with E-state index >= 15 is 0 Å². The molecule has 2 heterocycles. The van der Waals surface area contributed by atoms with Gasteiger partial charge in [0.05, 0.1) is 44.2 Å². The lowest BCUT2D eigenvalue weighted by atomic mass is 9.31. The molecule has 4 unspecified atom stereocenters. The quantitative estimate of drug-likeness (QED) is 0.126. The highest BCUT2D eigenvalue weighted by Crippen LogP contribution is 2.76. The highest BCUT2D eigenvalue weighted by molar-refractivity contribution is 5.35. The number of hydrogen-bond acceptors (Lipinski definition) is 14. The molecule has 0 amide bonds. The molecule has 0 radical (unpaired) electrons. The second-order valence-electron chi connectivity index (χ2n) is 20.7. The molecule has 2 aliphatic heterocycles. The highest BCUT2D eigenvalue weighted by atomic mass is 16.7. The summed E-state index contributed by atoms with van der Waals surface area (Å²) in [7, 11) is 0. The molecule has 10 N–H and O–H groups in total. The fraction of sp³-hybridized carbons (Fsp3) is 0.952. The Bertz CT molecular complexity index is 1480. The van der Waals surface area contributed by atoms with Crippen LogP contribution < -0.4 is 0 Å². The van der Waals surface area contributed by atoms with E-state index < -0.39 is 103 Å². The summed E-state index contributed by atoms with van der Waals surface area (Å²) < 4.78 is 24.0. The van der Waals surface area contributed by atoms with Crippen LogP contribution in [0.5, 0.6) is 0 Å². The Hall–Kier alpha value is -0.820. The van der Waals surface area contributed by atoms with Crippen LogP contribution >= 0.6 is 0 Å². The summed E-state index contributed by atoms with van der Waals surface area (Å²) in [6, 6.07) is 0. The van der Waals surface area contributed by atoms with Gasteiger partial charge in [0.15, 0.2) is 12.6 Å². The average molecular weight is 799 g/mol. The lowest BCUT2D eigenvalue weighted by molar-refractivity contribution is -0.368. The van der Waals surface area contributed by atoms with Gasteiger partial charge in [-0.3, -0.25) is 0 Å². The largest absolute Gasteiger partial charge is 0.396 e. The summed E-state index contributed by atoms with van der Waals surface area (Å²) >= 11 is 0. The minimum absolute atomic E-state index is 0.00153. The average Bonchev–Trinajstić information content (AvgIpc) is 3.14. The van der Waals surface area contributed by atoms with Crippen molar-refractivity contribution in [2.45, 2.75) is 180 Å². The van der Waals surface area contributed by atoms with Gasteiger partial charge in [-0.2, -0.15) is 0 Å². The molecule has 14 nitrogen and oxygen atoms in total. The van der Waals surface area contributed by atoms with E-state index in [0.717, 1.165) is 24.8 Å². The topological polar surface area (TPSA) is 239 Å². The molecule has 14 heteroatoms. The van der Waals surface area contributed by atoms with Crippen molar-refractivity contribution in [2.24, 2.45) is 50.2 Å². The molecular weight excluding hydrogens is 728 g/mol. The Labute approximate surface area is 330 Å². The Morgan fingerprint density at radius 3 is 2.04 bits per heavy atom. The van der Waals surface area contributed by atoms with Crippen molar-refractivity contribution >= 4 is 0 Å². The van der Waals surface area contributed by atoms with Crippen molar-refractivity contribution in [3.05, 3.63) is 11.6 Å². The predicted molar refractivity (Wildman–Crippen MR) is 200 cm³/mol. The predicted octanol–water partition coefficient (Wildman–Crippen LogP) is 0.731. The number of allylic oxidation sites excluding steroid dienone is 1. The molecule has 2 saturated heterocycles. The molecule has 5 aliphatic carbocycles. The van der Waals surface area contributed by atoms with Crippen LogP contribution in [0.2, 0.25) is 0 Å². The number of aliphatic hydroxyl groups is 10. The van der Waals surface area contributed by atoms with Gasteiger partial charge in [-0.05, 0) is 97.7 Å². The standard InChI is InChI=1S/C42H70O14/c1-20-28(48)33(56-35-31(51)30(50)29(49)24(17-43)54-35)32(52)36(53-20)55-27-9-10-38(4)25(39(27,5)18-44)8-11-40(6)34(38)23(46)14-21-22-15-37(2,3)12-13-42(22,19-45)26(47)16-41(21,40)7/h15,20-21,23-36,43-52H,8-14,16-19H2,1-7H3/t20-,21?,23?,24-,25?,26+,27+,28-,29-,30+,31-,32-,33+,34?,35+,36+,38+,39+,40-,41-,42-/m1/s1. The minimum Gasteiger partial charge on any atom is -0.396 e. The molecule has 322 valence electrons. The first-order valence-corrected chi connectivity index (χ1v) is 21.0. The minimum atomic E-state index is -1.75. The van der Waals surface area contributed by atoms with Crippen molar-refractivity contribution in [3.8, 4) is 0 Å². The third-order valence-corrected chi connectivity index (χ3v) is 17.4. The van der Waals surface area contributed by atoms with Crippen LogP contribution in [0, 0.1) is 50.2 Å². The zero-order chi connectivity index (χ0) is 41.1. The SMILES string of the molecule is C[C@H]1O[C@@H](O[C@H]2CC[C@@]3(C)C(CC[C@]4(C)C3C(O)CC3C5=CC(C)(C)CC[C@]5(CO)[C@@H](O)C[C@]34C)[C@]2(C)CO)[C@H](O)[C@@H](O[C@@H]2O[C@H](CO)[C@@H](O)[C@H](O)[C@H]2O)[C@@H]1O. The highest BCUT2D eigenvalue weighted by Gasteiger charge is 2.73. The molecule has 0 bridgehead atoms. The number of rotatable bonds is 7. The van der Waals surface area contributed by atoms with Crippen LogP contribution in [0.25, 0.3) is 0 Å². The maximum Gasteiger partial charge on any atom is 0.187 e. The molecule has 0 aromatic carbocycles. The summed E-state index contributed by atoms with van der Waals surface area (Å²) in [5, 5.41) is 110. The van der Waals surface area contributed by atoms with Crippen LogP contribution in [-0.4, -0.2) is 151 Å². The van der Waals surface area contributed by atoms with Gasteiger partial charge in [-0.1, -0.05) is 53.2 Å². The summed E-state index contributed by atoms with van der Waals surface area (Å²) in [5.41, 5.74) is -1.68. The van der Waals surface area contributed by atoms with Crippen LogP contribution in [0.4, 0.5) is 0 Å². The number of ether oxygens (including phenoxy) is 4. The Kier molecular flexibility index (Phi) is 11.3. The number of fused-ring (bicyclic) bond motifs is 7. The maximum absolute atomic E-state index is 12.5. The Morgan fingerprint density at radius 2 is 1.39 bits per heavy atom. The van der Waals surface area contributed by atoms with E-state index in [1.165, 1.54) is 0 Å².